The third-order valence-corrected chi connectivity index (χ3v) is 10.5. The Hall–Kier alpha value is -3.38. The van der Waals surface area contributed by atoms with Crippen LogP contribution in [0.15, 0.2) is 18.2 Å². The summed E-state index contributed by atoms with van der Waals surface area (Å²) in [6.45, 7) is 4.47. The van der Waals surface area contributed by atoms with Crippen LogP contribution in [0.3, 0.4) is 0 Å². The standard InChI is InChI=1S/C32H42F2N6O5S2/c1-19(2)9-10-36-30(44)26(17-47-46-3)37-27(41)8-7-20-5-4-6-21-15-39(16-24(20)21)28(42)12-22-11-25(38-29(22)43)31(45)40-18-32(33,34)13-23(40)14-35/h4-6,19,22-23,25-26H,7-13,15-18H2,1-3H3,(H,36,44)(H,37,41)(H,38,43)/t22-,23-,25-,26?/m0/s1. The topological polar surface area (TPSA) is 152 Å². The summed E-state index contributed by atoms with van der Waals surface area (Å²) in [5, 5.41) is 17.5. The number of nitriles is 1. The Morgan fingerprint density at radius 1 is 1.21 bits per heavy atom. The molecule has 4 atom stereocenters. The smallest absolute Gasteiger partial charge is 0.268 e. The molecule has 0 saturated carbocycles. The van der Waals surface area contributed by atoms with Crippen molar-refractivity contribution in [2.24, 2.45) is 11.8 Å². The van der Waals surface area contributed by atoms with Gasteiger partial charge in [-0.3, -0.25) is 24.0 Å². The molecule has 1 aromatic rings. The molecule has 3 aliphatic heterocycles. The number of likely N-dealkylation sites (tertiary alicyclic amines) is 1. The van der Waals surface area contributed by atoms with Crippen molar-refractivity contribution in [3.8, 4) is 6.07 Å². The molecule has 0 radical (unpaired) electrons. The van der Waals surface area contributed by atoms with Crippen LogP contribution in [-0.2, 0) is 43.5 Å². The number of hydrogen-bond acceptors (Lipinski definition) is 8. The zero-order valence-electron chi connectivity index (χ0n) is 26.9. The average Bonchev–Trinajstić information content (AvgIpc) is 3.71. The summed E-state index contributed by atoms with van der Waals surface area (Å²) in [6.07, 6.45) is 2.44. The molecule has 4 rings (SSSR count). The van der Waals surface area contributed by atoms with Gasteiger partial charge in [0.2, 0.25) is 29.5 Å². The maximum atomic E-state index is 13.9. The van der Waals surface area contributed by atoms with Gasteiger partial charge in [0.05, 0.1) is 12.6 Å². The number of rotatable bonds is 14. The van der Waals surface area contributed by atoms with Gasteiger partial charge < -0.3 is 25.8 Å². The molecule has 0 bridgehead atoms. The number of hydrogen-bond donors (Lipinski definition) is 3. The molecular weight excluding hydrogens is 651 g/mol. The average molecular weight is 693 g/mol. The van der Waals surface area contributed by atoms with Crippen molar-refractivity contribution >= 4 is 51.1 Å². The lowest BCUT2D eigenvalue weighted by Gasteiger charge is -2.22. The molecule has 256 valence electrons. The first-order valence-electron chi connectivity index (χ1n) is 15.8. The van der Waals surface area contributed by atoms with Gasteiger partial charge in [-0.1, -0.05) is 53.6 Å². The van der Waals surface area contributed by atoms with Crippen LogP contribution in [0.5, 0.6) is 0 Å². The van der Waals surface area contributed by atoms with Crippen LogP contribution in [0.4, 0.5) is 8.78 Å². The second-order valence-corrected chi connectivity index (χ2v) is 15.3. The van der Waals surface area contributed by atoms with Gasteiger partial charge in [0.15, 0.2) is 0 Å². The lowest BCUT2D eigenvalue weighted by atomic mass is 9.99. The van der Waals surface area contributed by atoms with Crippen molar-refractivity contribution in [3.63, 3.8) is 0 Å². The van der Waals surface area contributed by atoms with Crippen LogP contribution in [-0.4, -0.2) is 88.5 Å². The van der Waals surface area contributed by atoms with Gasteiger partial charge in [0, 0.05) is 50.6 Å². The van der Waals surface area contributed by atoms with Crippen LogP contribution in [0, 0.1) is 23.2 Å². The number of carbonyl (C=O) groups is 5. The van der Waals surface area contributed by atoms with Crippen molar-refractivity contribution in [1.29, 1.82) is 5.26 Å². The molecule has 0 aromatic heterocycles. The van der Waals surface area contributed by atoms with Crippen LogP contribution < -0.4 is 16.0 Å². The minimum absolute atomic E-state index is 0.0169. The minimum Gasteiger partial charge on any atom is -0.354 e. The molecule has 15 heteroatoms. The molecule has 3 aliphatic rings. The summed E-state index contributed by atoms with van der Waals surface area (Å²) >= 11 is 0. The zero-order valence-corrected chi connectivity index (χ0v) is 28.5. The van der Waals surface area contributed by atoms with E-state index >= 15 is 0 Å². The summed E-state index contributed by atoms with van der Waals surface area (Å²) in [7, 11) is 3.03. The summed E-state index contributed by atoms with van der Waals surface area (Å²) < 4.78 is 27.7. The van der Waals surface area contributed by atoms with E-state index in [1.54, 1.807) is 11.0 Å². The lowest BCUT2D eigenvalue weighted by Crippen LogP contribution is -2.48. The number of fused-ring (bicyclic) bond motifs is 1. The molecule has 1 aromatic carbocycles. The molecule has 2 fully saturated rings. The second kappa shape index (κ2) is 16.1. The number of nitrogens with one attached hydrogen (secondary N) is 3. The van der Waals surface area contributed by atoms with E-state index in [1.165, 1.54) is 21.6 Å². The highest BCUT2D eigenvalue weighted by Crippen LogP contribution is 2.34. The number of halogens is 2. The monoisotopic (exact) mass is 692 g/mol. The highest BCUT2D eigenvalue weighted by Gasteiger charge is 2.50. The summed E-state index contributed by atoms with van der Waals surface area (Å²) in [5.41, 5.74) is 2.80. The van der Waals surface area contributed by atoms with Crippen molar-refractivity contribution < 1.29 is 32.8 Å². The van der Waals surface area contributed by atoms with E-state index in [0.29, 0.717) is 37.7 Å². The number of nitrogens with zero attached hydrogens (tertiary/aromatic N) is 3. The molecule has 5 amide bonds. The van der Waals surface area contributed by atoms with E-state index in [1.807, 2.05) is 24.5 Å². The quantitative estimate of drug-likeness (QED) is 0.252. The first kappa shape index (κ1) is 36.5. The molecule has 3 N–H and O–H groups in total. The molecular formula is C32H42F2N6O5S2. The normalized spacial score (nSPS) is 22.1. The fourth-order valence-corrected chi connectivity index (χ4v) is 7.45. The van der Waals surface area contributed by atoms with Gasteiger partial charge in [-0.05, 0) is 48.1 Å². The first-order chi connectivity index (χ1) is 22.3. The third-order valence-electron chi connectivity index (χ3n) is 8.71. The number of benzene rings is 1. The van der Waals surface area contributed by atoms with Gasteiger partial charge in [-0.25, -0.2) is 8.78 Å². The van der Waals surface area contributed by atoms with Crippen molar-refractivity contribution in [2.45, 2.75) is 89.5 Å². The molecule has 0 aliphatic carbocycles. The first-order valence-corrected chi connectivity index (χ1v) is 18.5. The van der Waals surface area contributed by atoms with Gasteiger partial charge in [-0.2, -0.15) is 5.26 Å². The fourth-order valence-electron chi connectivity index (χ4n) is 6.13. The Labute approximate surface area is 281 Å². The largest absolute Gasteiger partial charge is 0.354 e. The summed E-state index contributed by atoms with van der Waals surface area (Å²) in [5.74, 6) is -5.03. The van der Waals surface area contributed by atoms with Crippen LogP contribution >= 0.6 is 21.6 Å². The maximum absolute atomic E-state index is 13.9. The van der Waals surface area contributed by atoms with Gasteiger partial charge >= 0.3 is 0 Å². The molecule has 11 nitrogen and oxygen atoms in total. The number of aryl methyl sites for hydroxylation is 1. The molecule has 0 spiro atoms. The van der Waals surface area contributed by atoms with E-state index in [4.69, 9.17) is 0 Å². The Morgan fingerprint density at radius 3 is 2.68 bits per heavy atom. The molecule has 47 heavy (non-hydrogen) atoms. The van der Waals surface area contributed by atoms with Crippen LogP contribution in [0.1, 0.15) is 62.6 Å². The minimum atomic E-state index is -3.17. The predicted octanol–water partition coefficient (Wildman–Crippen LogP) is 2.77. The molecule has 1 unspecified atom stereocenters. The zero-order chi connectivity index (χ0) is 34.3. The van der Waals surface area contributed by atoms with Gasteiger partial charge in [0.25, 0.3) is 5.92 Å². The third kappa shape index (κ3) is 9.59. The number of amides is 5. The Balaban J connectivity index is 1.29. The van der Waals surface area contributed by atoms with Crippen LogP contribution in [0.2, 0.25) is 0 Å². The Morgan fingerprint density at radius 2 is 1.98 bits per heavy atom. The second-order valence-electron chi connectivity index (χ2n) is 12.7. The highest BCUT2D eigenvalue weighted by atomic mass is 33.1. The molecule has 3 heterocycles. The lowest BCUT2D eigenvalue weighted by molar-refractivity contribution is -0.135. The van der Waals surface area contributed by atoms with Crippen molar-refractivity contribution in [2.75, 3.05) is 25.1 Å². The highest BCUT2D eigenvalue weighted by molar-refractivity contribution is 8.76. The van der Waals surface area contributed by atoms with E-state index in [0.717, 1.165) is 28.0 Å². The summed E-state index contributed by atoms with van der Waals surface area (Å²) in [6, 6.07) is 4.46. The fraction of sp³-hybridized carbons (Fsp3) is 0.625. The Bertz CT molecular complexity index is 1410. The van der Waals surface area contributed by atoms with E-state index in [2.05, 4.69) is 29.8 Å². The van der Waals surface area contributed by atoms with Crippen LogP contribution in [0.25, 0.3) is 0 Å². The van der Waals surface area contributed by atoms with E-state index < -0.39 is 54.7 Å². The van der Waals surface area contributed by atoms with Gasteiger partial charge in [-0.15, -0.1) is 0 Å². The number of alkyl halides is 2. The van der Waals surface area contributed by atoms with Gasteiger partial charge in [0.1, 0.15) is 18.1 Å². The summed E-state index contributed by atoms with van der Waals surface area (Å²) in [4.78, 5) is 67.0. The van der Waals surface area contributed by atoms with Crippen molar-refractivity contribution in [1.82, 2.24) is 25.8 Å². The SMILES string of the molecule is CSSCC(NC(=O)CCc1cccc2c1CN(C(=O)C[C@@H]1C[C@@H](C(=O)N3CC(F)(F)C[C@H]3C#N)NC1=O)C2)C(=O)NCCC(C)C. The number of carbonyl (C=O) groups excluding carboxylic acids is 5. The molecule has 2 saturated heterocycles. The van der Waals surface area contributed by atoms with E-state index in [-0.39, 0.29) is 37.0 Å². The Kier molecular flexibility index (Phi) is 12.5. The predicted molar refractivity (Wildman–Crippen MR) is 175 cm³/mol. The maximum Gasteiger partial charge on any atom is 0.268 e. The van der Waals surface area contributed by atoms with Crippen molar-refractivity contribution in [3.05, 3.63) is 34.9 Å². The van der Waals surface area contributed by atoms with E-state index in [9.17, 15) is 38.0 Å².